The highest BCUT2D eigenvalue weighted by molar-refractivity contribution is 6.28. The summed E-state index contributed by atoms with van der Waals surface area (Å²) in [6.45, 7) is 27.9. The van der Waals surface area contributed by atoms with E-state index in [4.69, 9.17) is 0 Å². The van der Waals surface area contributed by atoms with E-state index in [1.54, 1.807) is 0 Å². The van der Waals surface area contributed by atoms with Crippen LogP contribution in [0.15, 0.2) is 133 Å². The van der Waals surface area contributed by atoms with Crippen molar-refractivity contribution in [3.05, 3.63) is 156 Å². The molecule has 0 heterocycles. The first-order chi connectivity index (χ1) is 28.2. The van der Waals surface area contributed by atoms with Gasteiger partial charge in [0, 0.05) is 0 Å². The smallest absolute Gasteiger partial charge is 0.00204 e. The zero-order valence-corrected chi connectivity index (χ0v) is 37.7. The van der Waals surface area contributed by atoms with Crippen LogP contribution in [0.4, 0.5) is 0 Å². The van der Waals surface area contributed by atoms with Gasteiger partial charge in [0.1, 0.15) is 0 Å². The lowest BCUT2D eigenvalue weighted by Gasteiger charge is -2.25. The highest BCUT2D eigenvalue weighted by Gasteiger charge is 2.24. The number of rotatable bonds is 3. The van der Waals surface area contributed by atoms with Crippen LogP contribution in [0.25, 0.3) is 98.0 Å². The summed E-state index contributed by atoms with van der Waals surface area (Å²) in [5.74, 6) is 0. The third-order valence-corrected chi connectivity index (χ3v) is 13.5. The van der Waals surface area contributed by atoms with Crippen molar-refractivity contribution in [2.75, 3.05) is 0 Å². The van der Waals surface area contributed by atoms with Crippen LogP contribution in [0.1, 0.15) is 105 Å². The quantitative estimate of drug-likeness (QED) is 0.157. The van der Waals surface area contributed by atoms with E-state index in [9.17, 15) is 0 Å². The molecule has 0 saturated carbocycles. The largest absolute Gasteiger partial charge is 0.0561 e. The topological polar surface area (TPSA) is 0 Å². The maximum atomic E-state index is 2.47. The molecule has 60 heavy (non-hydrogen) atoms. The summed E-state index contributed by atoms with van der Waals surface area (Å²) in [6, 6.07) is 52.4. The van der Waals surface area contributed by atoms with Gasteiger partial charge in [-0.25, -0.2) is 0 Å². The molecule has 0 aliphatic carbocycles. The molecule has 10 aromatic carbocycles. The molecule has 0 amide bonds. The van der Waals surface area contributed by atoms with Crippen molar-refractivity contribution in [1.82, 2.24) is 0 Å². The summed E-state index contributed by atoms with van der Waals surface area (Å²) >= 11 is 0. The Hall–Kier alpha value is -5.72. The van der Waals surface area contributed by atoms with Gasteiger partial charge in [0.15, 0.2) is 0 Å². The Labute approximate surface area is 356 Å². The number of hydrogen-bond acceptors (Lipinski definition) is 0. The van der Waals surface area contributed by atoms with Crippen LogP contribution in [-0.2, 0) is 21.7 Å². The summed E-state index contributed by atoms with van der Waals surface area (Å²) in [4.78, 5) is 0. The van der Waals surface area contributed by atoms with Gasteiger partial charge in [0.05, 0.1) is 0 Å². The average molecular weight is 779 g/mol. The van der Waals surface area contributed by atoms with E-state index in [1.165, 1.54) is 120 Å². The molecule has 0 N–H and O–H groups in total. The number of benzene rings is 10. The van der Waals surface area contributed by atoms with Crippen LogP contribution < -0.4 is 0 Å². The molecule has 0 spiro atoms. The van der Waals surface area contributed by atoms with Crippen LogP contribution in [-0.4, -0.2) is 0 Å². The summed E-state index contributed by atoms with van der Waals surface area (Å²) in [5, 5.41) is 16.2. The molecule has 0 aromatic heterocycles. The number of hydrogen-bond donors (Lipinski definition) is 0. The maximum absolute atomic E-state index is 2.47. The lowest BCUT2D eigenvalue weighted by Crippen LogP contribution is -2.12. The van der Waals surface area contributed by atoms with Crippen molar-refractivity contribution >= 4 is 64.6 Å². The SMILES string of the molecule is CC(C)(C)c1cc2ccc3cc(C(C)(C)C)cc4c(-c5ccc(-c6ccc(-c7cc8cc(C(C)(C)C)cc9ccc%10cc(C(C)(C)C)cc7c%10c98)cc6)cc5)cc(c1)c2c34. The fourth-order valence-corrected chi connectivity index (χ4v) is 9.74. The first kappa shape index (κ1) is 38.5. The van der Waals surface area contributed by atoms with Gasteiger partial charge < -0.3 is 0 Å². The highest BCUT2D eigenvalue weighted by Crippen LogP contribution is 2.46. The highest BCUT2D eigenvalue weighted by atomic mass is 14.3. The van der Waals surface area contributed by atoms with E-state index in [0.717, 1.165) is 0 Å². The summed E-state index contributed by atoms with van der Waals surface area (Å²) < 4.78 is 0. The zero-order chi connectivity index (χ0) is 42.3. The molecule has 0 aliphatic heterocycles. The lowest BCUT2D eigenvalue weighted by molar-refractivity contribution is 0.591. The second-order valence-corrected chi connectivity index (χ2v) is 22.0. The molecular weight excluding hydrogens is 721 g/mol. The molecule has 0 aliphatic rings. The van der Waals surface area contributed by atoms with Crippen LogP contribution in [0.3, 0.4) is 0 Å². The van der Waals surface area contributed by atoms with Gasteiger partial charge in [-0.3, -0.25) is 0 Å². The van der Waals surface area contributed by atoms with Gasteiger partial charge in [-0.1, -0.05) is 192 Å². The fraction of sp³-hybridized carbons (Fsp3) is 0.267. The van der Waals surface area contributed by atoms with E-state index in [1.807, 2.05) is 0 Å². The minimum atomic E-state index is 0.0400. The first-order valence-electron chi connectivity index (χ1n) is 22.0. The zero-order valence-electron chi connectivity index (χ0n) is 37.7. The van der Waals surface area contributed by atoms with Gasteiger partial charge in [-0.15, -0.1) is 0 Å². The molecule has 0 bridgehead atoms. The molecule has 0 saturated heterocycles. The van der Waals surface area contributed by atoms with E-state index in [0.29, 0.717) is 0 Å². The molecule has 0 radical (unpaired) electrons. The van der Waals surface area contributed by atoms with Crippen molar-refractivity contribution in [3.63, 3.8) is 0 Å². The van der Waals surface area contributed by atoms with Gasteiger partial charge in [0.25, 0.3) is 0 Å². The van der Waals surface area contributed by atoms with E-state index in [-0.39, 0.29) is 21.7 Å². The maximum Gasteiger partial charge on any atom is -0.00204 e. The van der Waals surface area contributed by atoms with Gasteiger partial charge in [0.2, 0.25) is 0 Å². The standard InChI is InChI=1S/C60H58/c1-57(2,3)45-25-39-21-23-41-27-47(59(7,8)9)33-51-49(31-43(29-45)53(39)55(41)51)37-17-13-35(14-18-37)36-15-19-38(20-16-36)50-32-44-30-46(58(4,5)6)26-40-22-24-42-28-48(60(10,11)12)34-52(50)56(42)54(40)44/h13-34H,1-12H3. The molecule has 0 nitrogen and oxygen atoms in total. The first-order valence-corrected chi connectivity index (χ1v) is 22.0. The molecule has 0 atom stereocenters. The van der Waals surface area contributed by atoms with Crippen LogP contribution >= 0.6 is 0 Å². The summed E-state index contributed by atoms with van der Waals surface area (Å²) in [6.07, 6.45) is 0. The van der Waals surface area contributed by atoms with Crippen molar-refractivity contribution in [3.8, 4) is 33.4 Å². The van der Waals surface area contributed by atoms with Crippen molar-refractivity contribution in [2.24, 2.45) is 0 Å². The van der Waals surface area contributed by atoms with Gasteiger partial charge >= 0.3 is 0 Å². The van der Waals surface area contributed by atoms with E-state index in [2.05, 4.69) is 217 Å². The molecule has 0 heteroatoms. The Kier molecular flexibility index (Phi) is 8.27. The average Bonchev–Trinajstić information content (AvgIpc) is 3.19. The lowest BCUT2D eigenvalue weighted by atomic mass is 9.79. The Morgan fingerprint density at radius 1 is 0.233 bits per heavy atom. The van der Waals surface area contributed by atoms with Crippen LogP contribution in [0.2, 0.25) is 0 Å². The Morgan fingerprint density at radius 2 is 0.483 bits per heavy atom. The summed E-state index contributed by atoms with van der Waals surface area (Å²) in [7, 11) is 0. The van der Waals surface area contributed by atoms with Crippen molar-refractivity contribution < 1.29 is 0 Å². The minimum Gasteiger partial charge on any atom is -0.0561 e. The third kappa shape index (κ3) is 6.25. The fourth-order valence-electron chi connectivity index (χ4n) is 9.74. The second-order valence-electron chi connectivity index (χ2n) is 22.0. The van der Waals surface area contributed by atoms with E-state index >= 15 is 0 Å². The predicted molar refractivity (Wildman–Crippen MR) is 265 cm³/mol. The Balaban J connectivity index is 1.09. The Bertz CT molecular complexity index is 3060. The minimum absolute atomic E-state index is 0.0400. The predicted octanol–water partition coefficient (Wildman–Crippen LogP) is 17.7. The third-order valence-electron chi connectivity index (χ3n) is 13.5. The van der Waals surface area contributed by atoms with Gasteiger partial charge in [-0.2, -0.15) is 0 Å². The normalized spacial score (nSPS) is 13.3. The monoisotopic (exact) mass is 778 g/mol. The summed E-state index contributed by atoms with van der Waals surface area (Å²) in [5.41, 5.74) is 13.3. The van der Waals surface area contributed by atoms with Crippen LogP contribution in [0.5, 0.6) is 0 Å². The molecule has 298 valence electrons. The molecule has 0 unspecified atom stereocenters. The van der Waals surface area contributed by atoms with Gasteiger partial charge in [-0.05, 0) is 166 Å². The van der Waals surface area contributed by atoms with Crippen molar-refractivity contribution in [2.45, 2.75) is 105 Å². The second kappa shape index (κ2) is 12.9. The molecule has 0 fully saturated rings. The molecule has 10 aromatic rings. The van der Waals surface area contributed by atoms with Crippen molar-refractivity contribution in [1.29, 1.82) is 0 Å². The molecule has 10 rings (SSSR count). The molecular formula is C60H58. The Morgan fingerprint density at radius 3 is 0.783 bits per heavy atom. The van der Waals surface area contributed by atoms with Crippen LogP contribution in [0, 0.1) is 0 Å². The van der Waals surface area contributed by atoms with E-state index < -0.39 is 0 Å².